The molecule has 1 rings (SSSR count). The van der Waals surface area contributed by atoms with E-state index in [-0.39, 0.29) is 29.9 Å². The van der Waals surface area contributed by atoms with Crippen molar-refractivity contribution < 1.29 is 4.79 Å². The third-order valence-corrected chi connectivity index (χ3v) is 3.75. The van der Waals surface area contributed by atoms with Crippen molar-refractivity contribution in [3.05, 3.63) is 0 Å². The maximum absolute atomic E-state index is 11.5. The van der Waals surface area contributed by atoms with Gasteiger partial charge in [-0.1, -0.05) is 26.7 Å². The van der Waals surface area contributed by atoms with E-state index in [0.29, 0.717) is 18.4 Å². The summed E-state index contributed by atoms with van der Waals surface area (Å²) < 4.78 is 0. The molecule has 0 saturated heterocycles. The van der Waals surface area contributed by atoms with Gasteiger partial charge in [0.1, 0.15) is 0 Å². The van der Waals surface area contributed by atoms with Crippen LogP contribution in [-0.4, -0.2) is 38.0 Å². The number of halogens is 1. The van der Waals surface area contributed by atoms with Crippen molar-refractivity contribution in [2.75, 3.05) is 20.1 Å². The van der Waals surface area contributed by atoms with Crippen LogP contribution < -0.4 is 16.0 Å². The van der Waals surface area contributed by atoms with Crippen molar-refractivity contribution in [2.45, 2.75) is 58.4 Å². The van der Waals surface area contributed by atoms with E-state index in [2.05, 4.69) is 34.8 Å². The fraction of sp³-hybridized carbons (Fsp3) is 0.867. The molecule has 0 aromatic heterocycles. The molecule has 6 heteroatoms. The molecule has 0 aromatic rings. The van der Waals surface area contributed by atoms with Crippen LogP contribution >= 0.6 is 24.0 Å². The number of rotatable bonds is 9. The molecule has 0 bridgehead atoms. The second-order valence-electron chi connectivity index (χ2n) is 5.51. The molecule has 0 unspecified atom stereocenters. The molecular formula is C15H31IN4O. The quantitative estimate of drug-likeness (QED) is 0.237. The molecule has 0 radical (unpaired) electrons. The molecule has 0 aromatic carbocycles. The molecule has 21 heavy (non-hydrogen) atoms. The van der Waals surface area contributed by atoms with E-state index in [4.69, 9.17) is 0 Å². The number of aliphatic imine (C=N–C) groups is 1. The summed E-state index contributed by atoms with van der Waals surface area (Å²) in [6, 6.07) is 0.463. The lowest BCUT2D eigenvalue weighted by Crippen LogP contribution is -2.40. The van der Waals surface area contributed by atoms with Gasteiger partial charge in [0.05, 0.1) is 0 Å². The molecule has 1 saturated carbocycles. The first-order valence-electron chi connectivity index (χ1n) is 7.93. The van der Waals surface area contributed by atoms with Crippen molar-refractivity contribution in [3.63, 3.8) is 0 Å². The molecule has 1 aliphatic carbocycles. The fourth-order valence-electron chi connectivity index (χ4n) is 2.02. The zero-order valence-electron chi connectivity index (χ0n) is 13.6. The second kappa shape index (κ2) is 12.1. The van der Waals surface area contributed by atoms with Crippen molar-refractivity contribution in [1.82, 2.24) is 16.0 Å². The molecule has 0 atom stereocenters. The van der Waals surface area contributed by atoms with Crippen molar-refractivity contribution in [3.8, 4) is 0 Å². The molecule has 3 N–H and O–H groups in total. The Kier molecular flexibility index (Phi) is 11.8. The summed E-state index contributed by atoms with van der Waals surface area (Å²) in [7, 11) is 1.78. The Labute approximate surface area is 146 Å². The smallest absolute Gasteiger partial charge is 0.220 e. The Morgan fingerprint density at radius 3 is 2.43 bits per heavy atom. The molecule has 1 amide bonds. The molecule has 0 aliphatic heterocycles. The van der Waals surface area contributed by atoms with Gasteiger partial charge in [0.2, 0.25) is 5.91 Å². The highest BCUT2D eigenvalue weighted by molar-refractivity contribution is 14.0. The van der Waals surface area contributed by atoms with Crippen LogP contribution in [0.4, 0.5) is 0 Å². The molecule has 0 heterocycles. The first-order chi connectivity index (χ1) is 9.69. The standard InChI is InChI=1S/C15H30N4O.HI/c1-4-12(5-2)11-18-15(16-3)17-10-6-7-14(20)19-13-8-9-13;/h12-13H,4-11H2,1-3H3,(H,19,20)(H2,16,17,18);1H. The number of guanidine groups is 1. The molecule has 0 spiro atoms. The SMILES string of the molecule is CCC(CC)CNC(=NC)NCCCC(=O)NC1CC1.I. The van der Waals surface area contributed by atoms with Crippen LogP contribution in [0.5, 0.6) is 0 Å². The van der Waals surface area contributed by atoms with Crippen LogP contribution in [0.3, 0.4) is 0 Å². The summed E-state index contributed by atoms with van der Waals surface area (Å²) in [6.45, 7) is 6.16. The van der Waals surface area contributed by atoms with E-state index in [1.54, 1.807) is 7.05 Å². The van der Waals surface area contributed by atoms with Gasteiger partial charge in [0.25, 0.3) is 0 Å². The van der Waals surface area contributed by atoms with Gasteiger partial charge in [-0.05, 0) is 25.2 Å². The van der Waals surface area contributed by atoms with Crippen LogP contribution in [0.15, 0.2) is 4.99 Å². The Bertz CT molecular complexity index is 315. The predicted molar refractivity (Wildman–Crippen MR) is 99.3 cm³/mol. The average Bonchev–Trinajstić information content (AvgIpc) is 3.26. The number of hydrogen-bond acceptors (Lipinski definition) is 2. The largest absolute Gasteiger partial charge is 0.356 e. The highest BCUT2D eigenvalue weighted by atomic mass is 127. The van der Waals surface area contributed by atoms with Crippen molar-refractivity contribution in [2.24, 2.45) is 10.9 Å². The normalized spacial score (nSPS) is 14.6. The van der Waals surface area contributed by atoms with Gasteiger partial charge in [0.15, 0.2) is 5.96 Å². The van der Waals surface area contributed by atoms with Gasteiger partial charge in [-0.3, -0.25) is 9.79 Å². The van der Waals surface area contributed by atoms with Crippen LogP contribution in [-0.2, 0) is 4.79 Å². The first kappa shape index (κ1) is 20.5. The summed E-state index contributed by atoms with van der Waals surface area (Å²) in [5.41, 5.74) is 0. The molecule has 1 aliphatic rings. The lowest BCUT2D eigenvalue weighted by Gasteiger charge is -2.16. The maximum atomic E-state index is 11.5. The Balaban J connectivity index is 0.00000400. The lowest BCUT2D eigenvalue weighted by atomic mass is 10.0. The number of hydrogen-bond donors (Lipinski definition) is 3. The summed E-state index contributed by atoms with van der Waals surface area (Å²) in [4.78, 5) is 15.7. The second-order valence-corrected chi connectivity index (χ2v) is 5.51. The topological polar surface area (TPSA) is 65.5 Å². The number of amides is 1. The zero-order chi connectivity index (χ0) is 14.8. The van der Waals surface area contributed by atoms with E-state index < -0.39 is 0 Å². The third-order valence-electron chi connectivity index (χ3n) is 3.75. The van der Waals surface area contributed by atoms with Gasteiger partial charge < -0.3 is 16.0 Å². The highest BCUT2D eigenvalue weighted by Crippen LogP contribution is 2.18. The Morgan fingerprint density at radius 1 is 1.24 bits per heavy atom. The van der Waals surface area contributed by atoms with E-state index in [9.17, 15) is 4.79 Å². The number of carbonyl (C=O) groups is 1. The number of nitrogens with one attached hydrogen (secondary N) is 3. The Morgan fingerprint density at radius 2 is 1.90 bits per heavy atom. The summed E-state index contributed by atoms with van der Waals surface area (Å²) in [6.07, 6.45) is 6.09. The van der Waals surface area contributed by atoms with E-state index in [1.807, 2.05) is 0 Å². The summed E-state index contributed by atoms with van der Waals surface area (Å²) >= 11 is 0. The van der Waals surface area contributed by atoms with E-state index in [0.717, 1.165) is 38.3 Å². The van der Waals surface area contributed by atoms with Crippen LogP contribution in [0.2, 0.25) is 0 Å². The third kappa shape index (κ3) is 9.92. The molecule has 5 nitrogen and oxygen atoms in total. The predicted octanol–water partition coefficient (Wildman–Crippen LogP) is 2.26. The minimum atomic E-state index is 0. The molecular weight excluding hydrogens is 379 g/mol. The first-order valence-corrected chi connectivity index (χ1v) is 7.93. The number of carbonyl (C=O) groups excluding carboxylic acids is 1. The van der Waals surface area contributed by atoms with Crippen LogP contribution in [0.1, 0.15) is 52.4 Å². The highest BCUT2D eigenvalue weighted by Gasteiger charge is 2.22. The van der Waals surface area contributed by atoms with Gasteiger partial charge in [-0.15, -0.1) is 24.0 Å². The van der Waals surface area contributed by atoms with E-state index in [1.165, 1.54) is 12.8 Å². The van der Waals surface area contributed by atoms with Gasteiger partial charge in [-0.25, -0.2) is 0 Å². The molecule has 124 valence electrons. The van der Waals surface area contributed by atoms with Crippen LogP contribution in [0, 0.1) is 5.92 Å². The van der Waals surface area contributed by atoms with Crippen molar-refractivity contribution in [1.29, 1.82) is 0 Å². The van der Waals surface area contributed by atoms with Gasteiger partial charge >= 0.3 is 0 Å². The van der Waals surface area contributed by atoms with Gasteiger partial charge in [0, 0.05) is 32.6 Å². The summed E-state index contributed by atoms with van der Waals surface area (Å²) in [5.74, 6) is 1.70. The van der Waals surface area contributed by atoms with Crippen LogP contribution in [0.25, 0.3) is 0 Å². The van der Waals surface area contributed by atoms with Gasteiger partial charge in [-0.2, -0.15) is 0 Å². The molecule has 1 fully saturated rings. The zero-order valence-corrected chi connectivity index (χ0v) is 15.9. The Hall–Kier alpha value is -0.530. The average molecular weight is 410 g/mol. The fourth-order valence-corrected chi connectivity index (χ4v) is 2.02. The lowest BCUT2D eigenvalue weighted by molar-refractivity contribution is -0.121. The minimum absolute atomic E-state index is 0. The van der Waals surface area contributed by atoms with Crippen molar-refractivity contribution >= 4 is 35.8 Å². The maximum Gasteiger partial charge on any atom is 0.220 e. The van der Waals surface area contributed by atoms with E-state index >= 15 is 0 Å². The minimum Gasteiger partial charge on any atom is -0.356 e. The monoisotopic (exact) mass is 410 g/mol. The summed E-state index contributed by atoms with van der Waals surface area (Å²) in [5, 5.41) is 9.59. The number of nitrogens with zero attached hydrogens (tertiary/aromatic N) is 1.